The molecule has 1 atom stereocenters. The van der Waals surface area contributed by atoms with Crippen LogP contribution in [0.25, 0.3) is 0 Å². The average Bonchev–Trinajstić information content (AvgIpc) is 2.43. The summed E-state index contributed by atoms with van der Waals surface area (Å²) in [4.78, 5) is 21.4. The van der Waals surface area contributed by atoms with Crippen LogP contribution in [0.3, 0.4) is 0 Å². The topological polar surface area (TPSA) is 105 Å². The number of nitrogens with two attached hydrogens (primary N) is 1. The van der Waals surface area contributed by atoms with E-state index in [1.807, 2.05) is 0 Å². The van der Waals surface area contributed by atoms with Crippen molar-refractivity contribution in [2.75, 3.05) is 13.7 Å². The molecule has 0 spiro atoms. The molecule has 0 bridgehead atoms. The van der Waals surface area contributed by atoms with E-state index in [2.05, 4.69) is 4.74 Å². The molecular weight excluding hydrogens is 283 g/mol. The van der Waals surface area contributed by atoms with E-state index in [0.29, 0.717) is 6.42 Å². The summed E-state index contributed by atoms with van der Waals surface area (Å²) in [5.74, 6) is -1.80. The summed E-state index contributed by atoms with van der Waals surface area (Å²) in [5.41, 5.74) is 4.12. The fourth-order valence-electron chi connectivity index (χ4n) is 1.73. The third-order valence-electron chi connectivity index (χ3n) is 2.88. The van der Waals surface area contributed by atoms with Crippen LogP contribution in [0.1, 0.15) is 19.8 Å². The van der Waals surface area contributed by atoms with Gasteiger partial charge in [0.05, 0.1) is 18.6 Å². The van der Waals surface area contributed by atoms with Gasteiger partial charge in [-0.15, -0.1) is 0 Å². The second-order valence-electron chi connectivity index (χ2n) is 4.71. The van der Waals surface area contributed by atoms with Gasteiger partial charge in [-0.05, 0) is 25.8 Å². The number of nitro benzene ring substituents is 1. The summed E-state index contributed by atoms with van der Waals surface area (Å²) < 4.78 is 23.2. The molecule has 0 aliphatic carbocycles. The lowest BCUT2D eigenvalue weighted by molar-refractivity contribution is -0.386. The van der Waals surface area contributed by atoms with Gasteiger partial charge in [0.15, 0.2) is 5.82 Å². The van der Waals surface area contributed by atoms with Crippen molar-refractivity contribution < 1.29 is 23.6 Å². The number of methoxy groups -OCH3 is 1. The van der Waals surface area contributed by atoms with Crippen LogP contribution >= 0.6 is 0 Å². The molecule has 0 aliphatic heterocycles. The molecule has 0 aliphatic rings. The Morgan fingerprint density at radius 3 is 2.76 bits per heavy atom. The van der Waals surface area contributed by atoms with E-state index >= 15 is 0 Å². The first kappa shape index (κ1) is 16.8. The molecule has 21 heavy (non-hydrogen) atoms. The highest BCUT2D eigenvalue weighted by Crippen LogP contribution is 2.29. The van der Waals surface area contributed by atoms with Crippen LogP contribution in [0.15, 0.2) is 18.2 Å². The van der Waals surface area contributed by atoms with Gasteiger partial charge in [-0.2, -0.15) is 0 Å². The molecule has 0 radical (unpaired) electrons. The summed E-state index contributed by atoms with van der Waals surface area (Å²) >= 11 is 0. The second-order valence-corrected chi connectivity index (χ2v) is 4.71. The third-order valence-corrected chi connectivity index (χ3v) is 2.88. The predicted molar refractivity (Wildman–Crippen MR) is 72.4 cm³/mol. The monoisotopic (exact) mass is 300 g/mol. The number of esters is 1. The Bertz CT molecular complexity index is 533. The molecule has 0 aromatic heterocycles. The molecule has 116 valence electrons. The van der Waals surface area contributed by atoms with E-state index in [9.17, 15) is 19.3 Å². The lowest BCUT2D eigenvalue weighted by Crippen LogP contribution is -2.45. The summed E-state index contributed by atoms with van der Waals surface area (Å²) in [6, 6.07) is 3.46. The maximum absolute atomic E-state index is 13.5. The predicted octanol–water partition coefficient (Wildman–Crippen LogP) is 1.78. The summed E-state index contributed by atoms with van der Waals surface area (Å²) in [6.45, 7) is 1.50. The van der Waals surface area contributed by atoms with E-state index in [4.69, 9.17) is 10.5 Å². The van der Waals surface area contributed by atoms with Crippen molar-refractivity contribution in [3.63, 3.8) is 0 Å². The van der Waals surface area contributed by atoms with Gasteiger partial charge in [-0.3, -0.25) is 14.9 Å². The van der Waals surface area contributed by atoms with E-state index in [1.165, 1.54) is 20.1 Å². The maximum atomic E-state index is 13.5. The van der Waals surface area contributed by atoms with Crippen LogP contribution in [-0.2, 0) is 9.53 Å². The molecule has 1 aromatic rings. The fraction of sp³-hybridized carbons (Fsp3) is 0.462. The Balaban J connectivity index is 2.62. The van der Waals surface area contributed by atoms with Crippen molar-refractivity contribution in [2.24, 2.45) is 5.73 Å². The molecule has 8 heteroatoms. The van der Waals surface area contributed by atoms with Gasteiger partial charge in [0, 0.05) is 6.07 Å². The van der Waals surface area contributed by atoms with Crippen LogP contribution in [-0.4, -0.2) is 30.1 Å². The number of carbonyl (C=O) groups is 1. The summed E-state index contributed by atoms with van der Waals surface area (Å²) in [5, 5.41) is 10.8. The molecule has 7 nitrogen and oxygen atoms in total. The SMILES string of the molecule is COC(=O)C(C)(N)CCCOc1c(F)cccc1[N+](=O)[O-]. The van der Waals surface area contributed by atoms with Gasteiger partial charge in [0.25, 0.3) is 0 Å². The van der Waals surface area contributed by atoms with Gasteiger partial charge in [0.1, 0.15) is 5.54 Å². The largest absolute Gasteiger partial charge is 0.485 e. The van der Waals surface area contributed by atoms with Crippen LogP contribution in [0.5, 0.6) is 5.75 Å². The second kappa shape index (κ2) is 6.98. The zero-order valence-corrected chi connectivity index (χ0v) is 11.8. The smallest absolute Gasteiger partial charge is 0.325 e. The number of nitrogens with zero attached hydrogens (tertiary/aromatic N) is 1. The fourth-order valence-corrected chi connectivity index (χ4v) is 1.73. The standard InChI is InChI=1S/C13H17FN2O5/c1-13(15,12(17)20-2)7-4-8-21-11-9(14)5-3-6-10(11)16(18)19/h3,5-6H,4,7-8,15H2,1-2H3. The van der Waals surface area contributed by atoms with Crippen LogP contribution in [0.4, 0.5) is 10.1 Å². The highest BCUT2D eigenvalue weighted by atomic mass is 19.1. The molecule has 0 heterocycles. The van der Waals surface area contributed by atoms with Crippen molar-refractivity contribution in [3.05, 3.63) is 34.1 Å². The molecule has 1 aromatic carbocycles. The normalized spacial score (nSPS) is 13.3. The lowest BCUT2D eigenvalue weighted by Gasteiger charge is -2.21. The molecule has 0 saturated heterocycles. The molecule has 0 fully saturated rings. The van der Waals surface area contributed by atoms with Crippen molar-refractivity contribution in [1.29, 1.82) is 0 Å². The van der Waals surface area contributed by atoms with E-state index in [0.717, 1.165) is 12.1 Å². The first-order valence-corrected chi connectivity index (χ1v) is 6.22. The third kappa shape index (κ3) is 4.38. The first-order valence-electron chi connectivity index (χ1n) is 6.22. The first-order chi connectivity index (χ1) is 9.79. The number of rotatable bonds is 7. The minimum Gasteiger partial charge on any atom is -0.485 e. The van der Waals surface area contributed by atoms with E-state index in [1.54, 1.807) is 0 Å². The Labute approximate surface area is 121 Å². The quantitative estimate of drug-likeness (QED) is 0.356. The van der Waals surface area contributed by atoms with Crippen LogP contribution in [0.2, 0.25) is 0 Å². The zero-order chi connectivity index (χ0) is 16.0. The zero-order valence-electron chi connectivity index (χ0n) is 11.8. The summed E-state index contributed by atoms with van der Waals surface area (Å²) in [7, 11) is 1.23. The van der Waals surface area contributed by atoms with Crippen molar-refractivity contribution >= 4 is 11.7 Å². The minimum atomic E-state index is -1.18. The highest BCUT2D eigenvalue weighted by molar-refractivity contribution is 5.79. The number of halogens is 1. The Kier molecular flexibility index (Phi) is 5.60. The van der Waals surface area contributed by atoms with Crippen LogP contribution < -0.4 is 10.5 Å². The van der Waals surface area contributed by atoms with Gasteiger partial charge < -0.3 is 15.2 Å². The molecule has 0 saturated carbocycles. The lowest BCUT2D eigenvalue weighted by atomic mass is 9.98. The maximum Gasteiger partial charge on any atom is 0.325 e. The molecule has 1 unspecified atom stereocenters. The van der Waals surface area contributed by atoms with E-state index < -0.39 is 33.7 Å². The highest BCUT2D eigenvalue weighted by Gasteiger charge is 2.29. The summed E-state index contributed by atoms with van der Waals surface area (Å²) in [6.07, 6.45) is 0.551. The number of nitro groups is 1. The number of hydrogen-bond acceptors (Lipinski definition) is 6. The van der Waals surface area contributed by atoms with Crippen molar-refractivity contribution in [1.82, 2.24) is 0 Å². The average molecular weight is 300 g/mol. The molecule has 1 rings (SSSR count). The number of para-hydroxylation sites is 1. The number of ether oxygens (including phenoxy) is 2. The van der Waals surface area contributed by atoms with Gasteiger partial charge in [-0.25, -0.2) is 4.39 Å². The minimum absolute atomic E-state index is 0.00838. The van der Waals surface area contributed by atoms with E-state index in [-0.39, 0.29) is 13.0 Å². The van der Waals surface area contributed by atoms with Gasteiger partial charge >= 0.3 is 11.7 Å². The molecule has 0 amide bonds. The Hall–Kier alpha value is -2.22. The number of carbonyl (C=O) groups excluding carboxylic acids is 1. The Morgan fingerprint density at radius 2 is 2.19 bits per heavy atom. The Morgan fingerprint density at radius 1 is 1.52 bits per heavy atom. The number of benzene rings is 1. The molecule has 2 N–H and O–H groups in total. The van der Waals surface area contributed by atoms with Gasteiger partial charge in [-0.1, -0.05) is 6.07 Å². The van der Waals surface area contributed by atoms with Crippen molar-refractivity contribution in [2.45, 2.75) is 25.3 Å². The van der Waals surface area contributed by atoms with Crippen LogP contribution in [0, 0.1) is 15.9 Å². The molecular formula is C13H17FN2O5. The van der Waals surface area contributed by atoms with Gasteiger partial charge in [0.2, 0.25) is 5.75 Å². The number of hydrogen-bond donors (Lipinski definition) is 1. The van der Waals surface area contributed by atoms with Crippen molar-refractivity contribution in [3.8, 4) is 5.75 Å².